The van der Waals surface area contributed by atoms with E-state index in [9.17, 15) is 5.11 Å². The summed E-state index contributed by atoms with van der Waals surface area (Å²) >= 11 is 0. The molecule has 1 aromatic rings. The molecule has 0 saturated heterocycles. The highest BCUT2D eigenvalue weighted by molar-refractivity contribution is 5.14. The lowest BCUT2D eigenvalue weighted by Gasteiger charge is -2.37. The molecule has 1 saturated carbocycles. The molecule has 2 atom stereocenters. The Morgan fingerprint density at radius 1 is 1.25 bits per heavy atom. The van der Waals surface area contributed by atoms with Crippen molar-refractivity contribution in [2.24, 2.45) is 11.8 Å². The smallest absolute Gasteiger partial charge is 0.0650 e. The number of aliphatic hydroxyl groups is 1. The van der Waals surface area contributed by atoms with Crippen LogP contribution >= 0.6 is 0 Å². The van der Waals surface area contributed by atoms with Crippen LogP contribution in [0, 0.1) is 11.8 Å². The van der Waals surface area contributed by atoms with Gasteiger partial charge in [0, 0.05) is 0 Å². The van der Waals surface area contributed by atoms with E-state index in [0.29, 0.717) is 0 Å². The SMILES string of the molecule is CC(C)CC1CCCC(O)(CCCc2ccccc2)C1. The molecule has 0 radical (unpaired) electrons. The fourth-order valence-corrected chi connectivity index (χ4v) is 3.82. The van der Waals surface area contributed by atoms with Crippen molar-refractivity contribution in [3.8, 4) is 0 Å². The van der Waals surface area contributed by atoms with E-state index >= 15 is 0 Å². The van der Waals surface area contributed by atoms with Crippen LogP contribution in [0.1, 0.15) is 64.4 Å². The van der Waals surface area contributed by atoms with Crippen molar-refractivity contribution < 1.29 is 5.11 Å². The number of rotatable bonds is 6. The first-order valence-corrected chi connectivity index (χ1v) is 8.34. The van der Waals surface area contributed by atoms with E-state index in [1.54, 1.807) is 0 Å². The lowest BCUT2D eigenvalue weighted by Crippen LogP contribution is -2.35. The quantitative estimate of drug-likeness (QED) is 0.776. The van der Waals surface area contributed by atoms with E-state index in [1.807, 2.05) is 0 Å². The maximum atomic E-state index is 10.8. The summed E-state index contributed by atoms with van der Waals surface area (Å²) in [6.45, 7) is 4.59. The lowest BCUT2D eigenvalue weighted by atomic mass is 9.73. The van der Waals surface area contributed by atoms with E-state index < -0.39 is 0 Å². The first-order chi connectivity index (χ1) is 9.57. The largest absolute Gasteiger partial charge is 0.390 e. The zero-order valence-electron chi connectivity index (χ0n) is 13.1. The maximum absolute atomic E-state index is 10.8. The zero-order chi connectivity index (χ0) is 14.4. The Morgan fingerprint density at radius 3 is 2.70 bits per heavy atom. The number of hydrogen-bond donors (Lipinski definition) is 1. The van der Waals surface area contributed by atoms with E-state index in [1.165, 1.54) is 24.8 Å². The van der Waals surface area contributed by atoms with Crippen LogP contribution in [0.5, 0.6) is 0 Å². The molecule has 0 heterocycles. The minimum Gasteiger partial charge on any atom is -0.390 e. The van der Waals surface area contributed by atoms with Crippen LogP contribution in [0.25, 0.3) is 0 Å². The standard InChI is InChI=1S/C19H30O/c1-16(2)14-18-11-7-13-19(20,15-18)12-6-10-17-8-4-3-5-9-17/h3-5,8-9,16,18,20H,6-7,10-15H2,1-2H3. The summed E-state index contributed by atoms with van der Waals surface area (Å²) in [5.74, 6) is 1.50. The average molecular weight is 274 g/mol. The van der Waals surface area contributed by atoms with Gasteiger partial charge in [0.15, 0.2) is 0 Å². The molecule has 2 rings (SSSR count). The molecule has 1 aromatic carbocycles. The predicted molar refractivity (Wildman–Crippen MR) is 85.7 cm³/mol. The van der Waals surface area contributed by atoms with Crippen LogP contribution in [0.15, 0.2) is 30.3 Å². The van der Waals surface area contributed by atoms with E-state index in [0.717, 1.165) is 43.9 Å². The van der Waals surface area contributed by atoms with Crippen LogP contribution in [-0.2, 0) is 6.42 Å². The molecule has 0 aliphatic heterocycles. The van der Waals surface area contributed by atoms with Gasteiger partial charge in [-0.3, -0.25) is 0 Å². The van der Waals surface area contributed by atoms with Gasteiger partial charge in [0.2, 0.25) is 0 Å². The summed E-state index contributed by atoms with van der Waals surface area (Å²) in [6.07, 6.45) is 9.01. The molecular formula is C19H30O. The second-order valence-corrected chi connectivity index (χ2v) is 7.16. The molecule has 2 unspecified atom stereocenters. The Balaban J connectivity index is 1.78. The molecule has 0 bridgehead atoms. The fraction of sp³-hybridized carbons (Fsp3) is 0.684. The van der Waals surface area contributed by atoms with Crippen molar-refractivity contribution in [1.82, 2.24) is 0 Å². The number of hydrogen-bond acceptors (Lipinski definition) is 1. The summed E-state index contributed by atoms with van der Waals surface area (Å²) in [7, 11) is 0. The van der Waals surface area contributed by atoms with Gasteiger partial charge < -0.3 is 5.11 Å². The second kappa shape index (κ2) is 7.26. The van der Waals surface area contributed by atoms with Crippen LogP contribution < -0.4 is 0 Å². The number of aryl methyl sites for hydroxylation is 1. The summed E-state index contributed by atoms with van der Waals surface area (Å²) in [5.41, 5.74) is 1.01. The van der Waals surface area contributed by atoms with Gasteiger partial charge in [-0.1, -0.05) is 57.0 Å². The Kier molecular flexibility index (Phi) is 5.65. The van der Waals surface area contributed by atoms with Gasteiger partial charge in [0.05, 0.1) is 5.60 Å². The third-order valence-electron chi connectivity index (χ3n) is 4.68. The topological polar surface area (TPSA) is 20.2 Å². The van der Waals surface area contributed by atoms with Gasteiger partial charge in [0.25, 0.3) is 0 Å². The first-order valence-electron chi connectivity index (χ1n) is 8.34. The zero-order valence-corrected chi connectivity index (χ0v) is 13.1. The Hall–Kier alpha value is -0.820. The Bertz CT molecular complexity index is 384. The van der Waals surface area contributed by atoms with Crippen LogP contribution in [0.4, 0.5) is 0 Å². The second-order valence-electron chi connectivity index (χ2n) is 7.16. The van der Waals surface area contributed by atoms with Crippen molar-refractivity contribution in [3.63, 3.8) is 0 Å². The molecular weight excluding hydrogens is 244 g/mol. The molecule has 1 N–H and O–H groups in total. The van der Waals surface area contributed by atoms with Crippen molar-refractivity contribution in [1.29, 1.82) is 0 Å². The monoisotopic (exact) mass is 274 g/mol. The summed E-state index contributed by atoms with van der Waals surface area (Å²) in [5, 5.41) is 10.8. The van der Waals surface area contributed by atoms with Crippen LogP contribution in [-0.4, -0.2) is 10.7 Å². The van der Waals surface area contributed by atoms with Crippen molar-refractivity contribution in [3.05, 3.63) is 35.9 Å². The third-order valence-corrected chi connectivity index (χ3v) is 4.68. The summed E-state index contributed by atoms with van der Waals surface area (Å²) in [4.78, 5) is 0. The fourth-order valence-electron chi connectivity index (χ4n) is 3.82. The van der Waals surface area contributed by atoms with Crippen molar-refractivity contribution in [2.45, 2.75) is 70.8 Å². The summed E-state index contributed by atoms with van der Waals surface area (Å²) < 4.78 is 0. The normalized spacial score (nSPS) is 26.9. The maximum Gasteiger partial charge on any atom is 0.0650 e. The van der Waals surface area contributed by atoms with Gasteiger partial charge in [0.1, 0.15) is 0 Å². The molecule has 0 amide bonds. The summed E-state index contributed by atoms with van der Waals surface area (Å²) in [6, 6.07) is 10.6. The van der Waals surface area contributed by atoms with E-state index in [2.05, 4.69) is 44.2 Å². The van der Waals surface area contributed by atoms with Gasteiger partial charge >= 0.3 is 0 Å². The van der Waals surface area contributed by atoms with Gasteiger partial charge in [-0.05, 0) is 55.9 Å². The molecule has 1 aliphatic rings. The first kappa shape index (κ1) is 15.6. The molecule has 1 fully saturated rings. The van der Waals surface area contributed by atoms with Crippen LogP contribution in [0.2, 0.25) is 0 Å². The Labute approximate surface area is 124 Å². The number of benzene rings is 1. The van der Waals surface area contributed by atoms with Crippen LogP contribution in [0.3, 0.4) is 0 Å². The van der Waals surface area contributed by atoms with E-state index in [4.69, 9.17) is 0 Å². The molecule has 112 valence electrons. The van der Waals surface area contributed by atoms with Gasteiger partial charge in [-0.2, -0.15) is 0 Å². The highest BCUT2D eigenvalue weighted by Crippen LogP contribution is 2.38. The highest BCUT2D eigenvalue weighted by Gasteiger charge is 2.33. The van der Waals surface area contributed by atoms with E-state index in [-0.39, 0.29) is 5.60 Å². The average Bonchev–Trinajstić information content (AvgIpc) is 2.39. The van der Waals surface area contributed by atoms with Crippen molar-refractivity contribution >= 4 is 0 Å². The predicted octanol–water partition coefficient (Wildman–Crippen LogP) is 4.98. The molecule has 0 spiro atoms. The third kappa shape index (κ3) is 4.94. The molecule has 20 heavy (non-hydrogen) atoms. The van der Waals surface area contributed by atoms with Gasteiger partial charge in [-0.15, -0.1) is 0 Å². The molecule has 1 nitrogen and oxygen atoms in total. The van der Waals surface area contributed by atoms with Gasteiger partial charge in [-0.25, -0.2) is 0 Å². The Morgan fingerprint density at radius 2 is 2.00 bits per heavy atom. The minimum absolute atomic E-state index is 0.382. The molecule has 0 aromatic heterocycles. The minimum atomic E-state index is -0.382. The molecule has 1 aliphatic carbocycles. The lowest BCUT2D eigenvalue weighted by molar-refractivity contribution is -0.0276. The molecule has 1 heteroatoms. The highest BCUT2D eigenvalue weighted by atomic mass is 16.3. The van der Waals surface area contributed by atoms with Crippen molar-refractivity contribution in [2.75, 3.05) is 0 Å².